The second-order valence-electron chi connectivity index (χ2n) is 2.98. The predicted molar refractivity (Wildman–Crippen MR) is 47.1 cm³/mol. The Hall–Kier alpha value is -1.49. The van der Waals surface area contributed by atoms with Gasteiger partial charge in [-0.3, -0.25) is 4.79 Å². The number of nitrogens with two attached hydrogens (primary N) is 2. The van der Waals surface area contributed by atoms with Crippen LogP contribution in [0, 0.1) is 11.6 Å². The molecule has 1 aromatic rings. The number of amides is 1. The van der Waals surface area contributed by atoms with Crippen molar-refractivity contribution in [2.75, 3.05) is 0 Å². The Morgan fingerprint density at radius 1 is 1.29 bits per heavy atom. The maximum atomic E-state index is 12.7. The maximum absolute atomic E-state index is 12.7. The number of benzene rings is 1. The van der Waals surface area contributed by atoms with Crippen molar-refractivity contribution in [3.8, 4) is 0 Å². The zero-order chi connectivity index (χ0) is 10.7. The van der Waals surface area contributed by atoms with Crippen molar-refractivity contribution < 1.29 is 13.6 Å². The average molecular weight is 200 g/mol. The summed E-state index contributed by atoms with van der Waals surface area (Å²) in [6, 6.07) is 2.13. The maximum Gasteiger partial charge on any atom is 0.219 e. The van der Waals surface area contributed by atoms with Crippen LogP contribution in [0.5, 0.6) is 0 Å². The molecular formula is C9H10F2N2O. The predicted octanol–water partition coefficient (Wildman–Crippen LogP) is 0.840. The summed E-state index contributed by atoms with van der Waals surface area (Å²) in [7, 11) is 0. The Balaban J connectivity index is 2.89. The Bertz CT molecular complexity index is 334. The van der Waals surface area contributed by atoms with Crippen molar-refractivity contribution >= 4 is 5.91 Å². The van der Waals surface area contributed by atoms with Crippen molar-refractivity contribution in [3.63, 3.8) is 0 Å². The van der Waals surface area contributed by atoms with Gasteiger partial charge in [-0.1, -0.05) is 0 Å². The van der Waals surface area contributed by atoms with Gasteiger partial charge in [-0.25, -0.2) is 8.78 Å². The molecule has 0 unspecified atom stereocenters. The van der Waals surface area contributed by atoms with Gasteiger partial charge in [0.15, 0.2) is 0 Å². The molecule has 1 aromatic carbocycles. The van der Waals surface area contributed by atoms with Crippen LogP contribution in [0.1, 0.15) is 18.0 Å². The number of primary amides is 1. The van der Waals surface area contributed by atoms with Gasteiger partial charge < -0.3 is 11.5 Å². The largest absolute Gasteiger partial charge is 0.370 e. The molecule has 0 fully saturated rings. The molecule has 0 radical (unpaired) electrons. The van der Waals surface area contributed by atoms with Gasteiger partial charge >= 0.3 is 0 Å². The van der Waals surface area contributed by atoms with E-state index in [2.05, 4.69) is 0 Å². The zero-order valence-electron chi connectivity index (χ0n) is 7.34. The highest BCUT2D eigenvalue weighted by Gasteiger charge is 2.11. The molecule has 1 rings (SSSR count). The van der Waals surface area contributed by atoms with Gasteiger partial charge in [0.1, 0.15) is 11.6 Å². The lowest BCUT2D eigenvalue weighted by atomic mass is 10.0. The molecule has 1 atom stereocenters. The highest BCUT2D eigenvalue weighted by atomic mass is 19.1. The third-order valence-corrected chi connectivity index (χ3v) is 1.73. The summed E-state index contributed by atoms with van der Waals surface area (Å²) in [4.78, 5) is 10.5. The van der Waals surface area contributed by atoms with E-state index in [1.807, 2.05) is 0 Å². The SMILES string of the molecule is NC(=O)C[C@H](N)c1cc(F)cc(F)c1. The van der Waals surface area contributed by atoms with E-state index in [1.165, 1.54) is 0 Å². The normalized spacial score (nSPS) is 12.5. The van der Waals surface area contributed by atoms with Crippen LogP contribution in [0.3, 0.4) is 0 Å². The van der Waals surface area contributed by atoms with E-state index in [0.717, 1.165) is 18.2 Å². The van der Waals surface area contributed by atoms with Gasteiger partial charge in [0.25, 0.3) is 0 Å². The van der Waals surface area contributed by atoms with Crippen LogP contribution >= 0.6 is 0 Å². The van der Waals surface area contributed by atoms with Crippen molar-refractivity contribution in [2.24, 2.45) is 11.5 Å². The number of hydrogen-bond acceptors (Lipinski definition) is 2. The monoisotopic (exact) mass is 200 g/mol. The van der Waals surface area contributed by atoms with E-state index in [0.29, 0.717) is 0 Å². The molecular weight excluding hydrogens is 190 g/mol. The highest BCUT2D eigenvalue weighted by Crippen LogP contribution is 2.16. The number of carbonyl (C=O) groups is 1. The Labute approximate surface area is 79.7 Å². The van der Waals surface area contributed by atoms with E-state index < -0.39 is 23.6 Å². The van der Waals surface area contributed by atoms with Crippen molar-refractivity contribution in [1.82, 2.24) is 0 Å². The summed E-state index contributed by atoms with van der Waals surface area (Å²) >= 11 is 0. The molecule has 0 spiro atoms. The van der Waals surface area contributed by atoms with E-state index in [9.17, 15) is 13.6 Å². The molecule has 3 nitrogen and oxygen atoms in total. The molecule has 0 saturated carbocycles. The first kappa shape index (κ1) is 10.6. The molecule has 1 amide bonds. The lowest BCUT2D eigenvalue weighted by molar-refractivity contribution is -0.118. The molecule has 0 aliphatic carbocycles. The zero-order valence-corrected chi connectivity index (χ0v) is 7.34. The van der Waals surface area contributed by atoms with Gasteiger partial charge in [-0.05, 0) is 17.7 Å². The fraction of sp³-hybridized carbons (Fsp3) is 0.222. The summed E-state index contributed by atoms with van der Waals surface area (Å²) in [5, 5.41) is 0. The van der Waals surface area contributed by atoms with Crippen LogP contribution in [0.2, 0.25) is 0 Å². The molecule has 0 aromatic heterocycles. The lowest BCUT2D eigenvalue weighted by Gasteiger charge is -2.09. The number of hydrogen-bond donors (Lipinski definition) is 2. The van der Waals surface area contributed by atoms with Crippen LogP contribution in [0.25, 0.3) is 0 Å². The molecule has 5 heteroatoms. The average Bonchev–Trinajstić information content (AvgIpc) is 2.00. The molecule has 0 aliphatic heterocycles. The molecule has 0 bridgehead atoms. The van der Waals surface area contributed by atoms with Gasteiger partial charge in [0, 0.05) is 18.5 Å². The van der Waals surface area contributed by atoms with Crippen LogP contribution in [-0.2, 0) is 4.79 Å². The van der Waals surface area contributed by atoms with Crippen molar-refractivity contribution in [3.05, 3.63) is 35.4 Å². The van der Waals surface area contributed by atoms with Crippen LogP contribution < -0.4 is 11.5 Å². The molecule has 4 N–H and O–H groups in total. The van der Waals surface area contributed by atoms with Gasteiger partial charge in [-0.2, -0.15) is 0 Å². The van der Waals surface area contributed by atoms with Crippen LogP contribution in [0.4, 0.5) is 8.78 Å². The molecule has 0 aliphatic rings. The first-order chi connectivity index (χ1) is 6.49. The summed E-state index contributed by atoms with van der Waals surface area (Å²) in [6.07, 6.45) is -0.136. The highest BCUT2D eigenvalue weighted by molar-refractivity contribution is 5.74. The van der Waals surface area contributed by atoms with E-state index >= 15 is 0 Å². The minimum atomic E-state index is -0.766. The lowest BCUT2D eigenvalue weighted by Crippen LogP contribution is -2.20. The molecule has 0 saturated heterocycles. The number of carbonyl (C=O) groups excluding carboxylic acids is 1. The van der Waals surface area contributed by atoms with Crippen molar-refractivity contribution in [1.29, 1.82) is 0 Å². The minimum Gasteiger partial charge on any atom is -0.370 e. The first-order valence-electron chi connectivity index (χ1n) is 3.99. The number of halogens is 2. The molecule has 14 heavy (non-hydrogen) atoms. The summed E-state index contributed by atoms with van der Waals surface area (Å²) in [5.41, 5.74) is 10.6. The third-order valence-electron chi connectivity index (χ3n) is 1.73. The Morgan fingerprint density at radius 2 is 1.79 bits per heavy atom. The van der Waals surface area contributed by atoms with Gasteiger partial charge in [0.05, 0.1) is 0 Å². The fourth-order valence-corrected chi connectivity index (χ4v) is 1.12. The molecule has 0 heterocycles. The van der Waals surface area contributed by atoms with E-state index in [-0.39, 0.29) is 12.0 Å². The van der Waals surface area contributed by atoms with E-state index in [4.69, 9.17) is 11.5 Å². The van der Waals surface area contributed by atoms with Crippen LogP contribution in [-0.4, -0.2) is 5.91 Å². The van der Waals surface area contributed by atoms with Crippen molar-refractivity contribution in [2.45, 2.75) is 12.5 Å². The van der Waals surface area contributed by atoms with Gasteiger partial charge in [-0.15, -0.1) is 0 Å². The van der Waals surface area contributed by atoms with Crippen LogP contribution in [0.15, 0.2) is 18.2 Å². The summed E-state index contributed by atoms with van der Waals surface area (Å²) < 4.78 is 25.4. The summed E-state index contributed by atoms with van der Waals surface area (Å²) in [6.45, 7) is 0. The quantitative estimate of drug-likeness (QED) is 0.759. The second-order valence-corrected chi connectivity index (χ2v) is 2.98. The Morgan fingerprint density at radius 3 is 2.21 bits per heavy atom. The topological polar surface area (TPSA) is 69.1 Å². The standard InChI is InChI=1S/C9H10F2N2O/c10-6-1-5(2-7(11)3-6)8(12)4-9(13)14/h1-3,8H,4,12H2,(H2,13,14)/t8-/m0/s1. The fourth-order valence-electron chi connectivity index (χ4n) is 1.12. The smallest absolute Gasteiger partial charge is 0.219 e. The first-order valence-corrected chi connectivity index (χ1v) is 3.99. The number of rotatable bonds is 3. The van der Waals surface area contributed by atoms with Gasteiger partial charge in [0.2, 0.25) is 5.91 Å². The Kier molecular flexibility index (Phi) is 3.14. The third kappa shape index (κ3) is 2.77. The molecule has 76 valence electrons. The minimum absolute atomic E-state index is 0.136. The second kappa shape index (κ2) is 4.15. The summed E-state index contributed by atoms with van der Waals surface area (Å²) in [5.74, 6) is -2.05. The van der Waals surface area contributed by atoms with E-state index in [1.54, 1.807) is 0 Å².